The van der Waals surface area contributed by atoms with Gasteiger partial charge >= 0.3 is 6.18 Å². The number of anilines is 3. The summed E-state index contributed by atoms with van der Waals surface area (Å²) in [6, 6.07) is 14.7. The summed E-state index contributed by atoms with van der Waals surface area (Å²) < 4.78 is 43.4. The van der Waals surface area contributed by atoms with Crippen LogP contribution in [0.15, 0.2) is 66.9 Å². The number of alkyl halides is 3. The second kappa shape index (κ2) is 7.99. The molecule has 0 fully saturated rings. The van der Waals surface area contributed by atoms with E-state index < -0.39 is 11.7 Å². The molecule has 3 aromatic rings. The van der Waals surface area contributed by atoms with Crippen LogP contribution < -0.4 is 15.4 Å². The van der Waals surface area contributed by atoms with Crippen molar-refractivity contribution in [2.75, 3.05) is 17.7 Å². The van der Waals surface area contributed by atoms with E-state index in [2.05, 4.69) is 15.6 Å². The summed E-state index contributed by atoms with van der Waals surface area (Å²) >= 11 is 0. The van der Waals surface area contributed by atoms with E-state index in [1.807, 2.05) is 0 Å². The SMILES string of the molecule is COc1cccc(C(=O)Nc2ccc(Nc3cccc(C(F)(F)F)c3)nc2)c1. The number of amides is 1. The monoisotopic (exact) mass is 387 g/mol. The number of pyridine rings is 1. The Morgan fingerprint density at radius 2 is 1.79 bits per heavy atom. The van der Waals surface area contributed by atoms with Crippen molar-refractivity contribution in [1.82, 2.24) is 4.98 Å². The zero-order valence-electron chi connectivity index (χ0n) is 14.7. The van der Waals surface area contributed by atoms with Crippen molar-refractivity contribution in [3.05, 3.63) is 78.0 Å². The van der Waals surface area contributed by atoms with Crippen molar-refractivity contribution in [1.29, 1.82) is 0 Å². The minimum absolute atomic E-state index is 0.260. The molecule has 5 nitrogen and oxygen atoms in total. The van der Waals surface area contributed by atoms with Crippen molar-refractivity contribution >= 4 is 23.1 Å². The van der Waals surface area contributed by atoms with Gasteiger partial charge in [0.2, 0.25) is 0 Å². The zero-order chi connectivity index (χ0) is 20.1. The highest BCUT2D eigenvalue weighted by molar-refractivity contribution is 6.04. The molecular weight excluding hydrogens is 371 g/mol. The van der Waals surface area contributed by atoms with E-state index in [1.165, 1.54) is 25.4 Å². The summed E-state index contributed by atoms with van der Waals surface area (Å²) in [4.78, 5) is 16.4. The van der Waals surface area contributed by atoms with Crippen LogP contribution in [0.5, 0.6) is 5.75 Å². The maximum atomic E-state index is 12.8. The van der Waals surface area contributed by atoms with Crippen LogP contribution in [-0.4, -0.2) is 18.0 Å². The molecule has 2 N–H and O–H groups in total. The molecule has 0 unspecified atom stereocenters. The van der Waals surface area contributed by atoms with Gasteiger partial charge in [0.05, 0.1) is 24.6 Å². The molecule has 144 valence electrons. The number of carbonyl (C=O) groups excluding carboxylic acids is 1. The average Bonchev–Trinajstić information content (AvgIpc) is 2.69. The number of ether oxygens (including phenoxy) is 1. The molecule has 0 radical (unpaired) electrons. The van der Waals surface area contributed by atoms with E-state index in [0.29, 0.717) is 22.8 Å². The number of rotatable bonds is 5. The summed E-state index contributed by atoms with van der Waals surface area (Å²) in [6.45, 7) is 0. The van der Waals surface area contributed by atoms with Crippen molar-refractivity contribution in [2.45, 2.75) is 6.18 Å². The van der Waals surface area contributed by atoms with Crippen LogP contribution in [0.25, 0.3) is 0 Å². The number of methoxy groups -OCH3 is 1. The van der Waals surface area contributed by atoms with Crippen molar-refractivity contribution in [3.8, 4) is 5.75 Å². The molecular formula is C20H16F3N3O2. The first-order chi connectivity index (χ1) is 13.3. The second-order valence-electron chi connectivity index (χ2n) is 5.82. The molecule has 28 heavy (non-hydrogen) atoms. The minimum atomic E-state index is -4.42. The van der Waals surface area contributed by atoms with Crippen LogP contribution in [0, 0.1) is 0 Å². The van der Waals surface area contributed by atoms with Gasteiger partial charge in [-0.2, -0.15) is 13.2 Å². The van der Waals surface area contributed by atoms with Crippen LogP contribution >= 0.6 is 0 Å². The summed E-state index contributed by atoms with van der Waals surface area (Å²) in [5, 5.41) is 5.50. The molecule has 0 saturated heterocycles. The predicted molar refractivity (Wildman–Crippen MR) is 99.9 cm³/mol. The Balaban J connectivity index is 1.67. The highest BCUT2D eigenvalue weighted by Gasteiger charge is 2.30. The Bertz CT molecular complexity index is 973. The Morgan fingerprint density at radius 1 is 1.00 bits per heavy atom. The quantitative estimate of drug-likeness (QED) is 0.639. The first kappa shape index (κ1) is 19.2. The lowest BCUT2D eigenvalue weighted by Crippen LogP contribution is -2.12. The Kier molecular flexibility index (Phi) is 5.49. The molecule has 0 aliphatic carbocycles. The van der Waals surface area contributed by atoms with Crippen molar-refractivity contribution in [2.24, 2.45) is 0 Å². The van der Waals surface area contributed by atoms with Crippen LogP contribution in [0.4, 0.5) is 30.4 Å². The van der Waals surface area contributed by atoms with E-state index in [4.69, 9.17) is 4.74 Å². The number of halogens is 3. The third kappa shape index (κ3) is 4.79. The van der Waals surface area contributed by atoms with Gasteiger partial charge in [-0.25, -0.2) is 4.98 Å². The molecule has 1 heterocycles. The van der Waals surface area contributed by atoms with Crippen LogP contribution in [0.3, 0.4) is 0 Å². The summed E-state index contributed by atoms with van der Waals surface area (Å²) in [5.41, 5.74) is 0.378. The molecule has 0 aliphatic heterocycles. The number of aromatic nitrogens is 1. The topological polar surface area (TPSA) is 63.2 Å². The lowest BCUT2D eigenvalue weighted by molar-refractivity contribution is -0.137. The molecule has 2 aromatic carbocycles. The average molecular weight is 387 g/mol. The fraction of sp³-hybridized carbons (Fsp3) is 0.100. The molecule has 1 aromatic heterocycles. The molecule has 1 amide bonds. The number of nitrogens with zero attached hydrogens (tertiary/aromatic N) is 1. The second-order valence-corrected chi connectivity index (χ2v) is 5.82. The summed E-state index contributed by atoms with van der Waals surface area (Å²) in [5.74, 6) is 0.574. The van der Waals surface area contributed by atoms with E-state index in [-0.39, 0.29) is 11.6 Å². The molecule has 0 aliphatic rings. The molecule has 0 bridgehead atoms. The number of nitrogens with one attached hydrogen (secondary N) is 2. The molecule has 8 heteroatoms. The van der Waals surface area contributed by atoms with Crippen LogP contribution in [0.2, 0.25) is 0 Å². The van der Waals surface area contributed by atoms with Crippen molar-refractivity contribution < 1.29 is 22.7 Å². The molecule has 3 rings (SSSR count). The van der Waals surface area contributed by atoms with E-state index >= 15 is 0 Å². The van der Waals surface area contributed by atoms with Gasteiger partial charge < -0.3 is 15.4 Å². The number of hydrogen-bond donors (Lipinski definition) is 2. The first-order valence-electron chi connectivity index (χ1n) is 8.21. The normalized spacial score (nSPS) is 11.0. The predicted octanol–water partition coefficient (Wildman–Crippen LogP) is 5.10. The number of benzene rings is 2. The van der Waals surface area contributed by atoms with E-state index in [1.54, 1.807) is 36.4 Å². The fourth-order valence-electron chi connectivity index (χ4n) is 2.43. The summed E-state index contributed by atoms with van der Waals surface area (Å²) in [6.07, 6.45) is -3.01. The standard InChI is InChI=1S/C20H16F3N3O2/c1-28-17-7-2-4-13(10-17)19(27)26-16-8-9-18(24-12-16)25-15-6-3-5-14(11-15)20(21,22)23/h2-12H,1H3,(H,24,25)(H,26,27). The van der Waals surface area contributed by atoms with Gasteiger partial charge in [-0.3, -0.25) is 4.79 Å². The zero-order valence-corrected chi connectivity index (χ0v) is 14.7. The lowest BCUT2D eigenvalue weighted by Gasteiger charge is -2.11. The Morgan fingerprint density at radius 3 is 2.46 bits per heavy atom. The van der Waals surface area contributed by atoms with Gasteiger partial charge in [-0.1, -0.05) is 12.1 Å². The first-order valence-corrected chi connectivity index (χ1v) is 8.21. The third-order valence-corrected chi connectivity index (χ3v) is 3.82. The highest BCUT2D eigenvalue weighted by atomic mass is 19.4. The van der Waals surface area contributed by atoms with Crippen LogP contribution in [0.1, 0.15) is 15.9 Å². The van der Waals surface area contributed by atoms with E-state index in [0.717, 1.165) is 12.1 Å². The van der Waals surface area contributed by atoms with Gasteiger partial charge in [0.15, 0.2) is 0 Å². The van der Waals surface area contributed by atoms with E-state index in [9.17, 15) is 18.0 Å². The van der Waals surface area contributed by atoms with Gasteiger partial charge in [-0.05, 0) is 48.5 Å². The summed E-state index contributed by atoms with van der Waals surface area (Å²) in [7, 11) is 1.51. The van der Waals surface area contributed by atoms with Gasteiger partial charge in [0, 0.05) is 11.3 Å². The fourth-order valence-corrected chi connectivity index (χ4v) is 2.43. The number of hydrogen-bond acceptors (Lipinski definition) is 4. The van der Waals surface area contributed by atoms with Gasteiger partial charge in [-0.15, -0.1) is 0 Å². The largest absolute Gasteiger partial charge is 0.497 e. The lowest BCUT2D eigenvalue weighted by atomic mass is 10.2. The minimum Gasteiger partial charge on any atom is -0.497 e. The van der Waals surface area contributed by atoms with Crippen molar-refractivity contribution in [3.63, 3.8) is 0 Å². The van der Waals surface area contributed by atoms with Gasteiger partial charge in [0.25, 0.3) is 5.91 Å². The molecule has 0 atom stereocenters. The van der Waals surface area contributed by atoms with Gasteiger partial charge in [0.1, 0.15) is 11.6 Å². The van der Waals surface area contributed by atoms with Crippen LogP contribution in [-0.2, 0) is 6.18 Å². The highest BCUT2D eigenvalue weighted by Crippen LogP contribution is 2.31. The maximum Gasteiger partial charge on any atom is 0.416 e. The Labute approximate surface area is 159 Å². The smallest absolute Gasteiger partial charge is 0.416 e. The molecule has 0 saturated carbocycles. The molecule has 0 spiro atoms. The Hall–Kier alpha value is -3.55. The number of carbonyl (C=O) groups is 1. The third-order valence-electron chi connectivity index (χ3n) is 3.82. The maximum absolute atomic E-state index is 12.8.